The number of nitrogens with one attached hydrogen (secondary N) is 1. The second-order valence-corrected chi connectivity index (χ2v) is 8.42. The molecule has 0 aliphatic heterocycles. The zero-order valence-electron chi connectivity index (χ0n) is 18.5. The Morgan fingerprint density at radius 1 is 0.912 bits per heavy atom. The molecule has 0 saturated carbocycles. The van der Waals surface area contributed by atoms with Gasteiger partial charge in [-0.05, 0) is 46.5 Å². The molecule has 4 aromatic rings. The molecular formula is C28H24N2O4. The summed E-state index contributed by atoms with van der Waals surface area (Å²) in [4.78, 5) is 28.7. The van der Waals surface area contributed by atoms with Gasteiger partial charge in [-0.2, -0.15) is 0 Å². The molecule has 34 heavy (non-hydrogen) atoms. The molecule has 0 saturated heterocycles. The number of hydrogen-bond donors (Lipinski definition) is 2. The third-order valence-electron chi connectivity index (χ3n) is 6.31. The molecule has 2 N–H and O–H groups in total. The van der Waals surface area contributed by atoms with E-state index in [0.717, 1.165) is 38.7 Å². The fourth-order valence-corrected chi connectivity index (χ4v) is 4.60. The largest absolute Gasteiger partial charge is 0.480 e. The molecule has 6 heteroatoms. The van der Waals surface area contributed by atoms with Crippen LogP contribution in [0.4, 0.5) is 4.79 Å². The highest BCUT2D eigenvalue weighted by atomic mass is 16.5. The normalized spacial score (nSPS) is 13.2. The van der Waals surface area contributed by atoms with Gasteiger partial charge in [-0.15, -0.1) is 0 Å². The number of benzene rings is 3. The predicted molar refractivity (Wildman–Crippen MR) is 130 cm³/mol. The number of nitrogens with zero attached hydrogens (tertiary/aromatic N) is 1. The maximum Gasteiger partial charge on any atom is 0.407 e. The van der Waals surface area contributed by atoms with Gasteiger partial charge < -0.3 is 15.2 Å². The van der Waals surface area contributed by atoms with E-state index in [0.29, 0.717) is 6.42 Å². The van der Waals surface area contributed by atoms with Crippen molar-refractivity contribution >= 4 is 22.8 Å². The van der Waals surface area contributed by atoms with Crippen molar-refractivity contribution in [3.63, 3.8) is 0 Å². The Hall–Kier alpha value is -4.19. The van der Waals surface area contributed by atoms with Gasteiger partial charge in [0.1, 0.15) is 12.6 Å². The Morgan fingerprint density at radius 2 is 1.53 bits per heavy atom. The van der Waals surface area contributed by atoms with E-state index in [2.05, 4.69) is 22.4 Å². The van der Waals surface area contributed by atoms with E-state index in [-0.39, 0.29) is 18.9 Å². The lowest BCUT2D eigenvalue weighted by molar-refractivity contribution is -0.139. The van der Waals surface area contributed by atoms with Gasteiger partial charge in [0.2, 0.25) is 0 Å². The van der Waals surface area contributed by atoms with Crippen molar-refractivity contribution in [3.05, 3.63) is 102 Å². The van der Waals surface area contributed by atoms with E-state index in [4.69, 9.17) is 4.74 Å². The maximum atomic E-state index is 12.5. The molecule has 0 bridgehead atoms. The molecule has 1 aliphatic rings. The SMILES string of the molecule is O=C(N[C@@H](CCc1cc2ccccc2cn1)C(=O)O)OCC1c2ccccc2-c2ccccc21. The number of fused-ring (bicyclic) bond motifs is 4. The standard InChI is InChI=1S/C28H24N2O4/c31-27(32)26(14-13-20-15-18-7-1-2-8-19(18)16-29-20)30-28(33)34-17-25-23-11-5-3-9-21(23)22-10-4-6-12-24(22)25/h1-12,15-16,25-26H,13-14,17H2,(H,30,33)(H,31,32)/t26-/m0/s1. The summed E-state index contributed by atoms with van der Waals surface area (Å²) in [6.45, 7) is 0.137. The zero-order valence-corrected chi connectivity index (χ0v) is 18.5. The second kappa shape index (κ2) is 9.35. The first kappa shape index (κ1) is 21.6. The van der Waals surface area contributed by atoms with Crippen molar-refractivity contribution in [1.82, 2.24) is 10.3 Å². The lowest BCUT2D eigenvalue weighted by Gasteiger charge is -2.17. The number of carboxylic acids is 1. The molecule has 0 radical (unpaired) electrons. The molecule has 1 amide bonds. The van der Waals surface area contributed by atoms with E-state index in [1.807, 2.05) is 66.7 Å². The van der Waals surface area contributed by atoms with Gasteiger partial charge in [-0.25, -0.2) is 9.59 Å². The Balaban J connectivity index is 1.22. The number of alkyl carbamates (subject to hydrolysis) is 1. The Morgan fingerprint density at radius 3 is 2.21 bits per heavy atom. The molecule has 6 nitrogen and oxygen atoms in total. The van der Waals surface area contributed by atoms with E-state index in [1.54, 1.807) is 6.20 Å². The molecular weight excluding hydrogens is 428 g/mol. The highest BCUT2D eigenvalue weighted by Gasteiger charge is 2.29. The van der Waals surface area contributed by atoms with Crippen LogP contribution in [0.2, 0.25) is 0 Å². The molecule has 1 aliphatic carbocycles. The summed E-state index contributed by atoms with van der Waals surface area (Å²) < 4.78 is 5.50. The zero-order chi connectivity index (χ0) is 23.5. The van der Waals surface area contributed by atoms with Crippen molar-refractivity contribution in [2.75, 3.05) is 6.61 Å². The van der Waals surface area contributed by atoms with Gasteiger partial charge >= 0.3 is 12.1 Å². The molecule has 3 aromatic carbocycles. The van der Waals surface area contributed by atoms with Gasteiger partial charge in [0.25, 0.3) is 0 Å². The lowest BCUT2D eigenvalue weighted by Crippen LogP contribution is -2.41. The van der Waals surface area contributed by atoms with Gasteiger partial charge in [0.15, 0.2) is 0 Å². The number of rotatable bonds is 7. The Kier molecular flexibility index (Phi) is 5.95. The number of hydrogen-bond acceptors (Lipinski definition) is 4. The summed E-state index contributed by atoms with van der Waals surface area (Å²) >= 11 is 0. The van der Waals surface area contributed by atoms with Crippen LogP contribution >= 0.6 is 0 Å². The van der Waals surface area contributed by atoms with Crippen LogP contribution in [0.5, 0.6) is 0 Å². The van der Waals surface area contributed by atoms with Crippen LogP contribution in [-0.4, -0.2) is 34.8 Å². The molecule has 170 valence electrons. The summed E-state index contributed by atoms with van der Waals surface area (Å²) in [5.74, 6) is -1.18. The molecule has 0 unspecified atom stereocenters. The minimum atomic E-state index is -1.10. The van der Waals surface area contributed by atoms with Crippen molar-refractivity contribution < 1.29 is 19.4 Å². The topological polar surface area (TPSA) is 88.5 Å². The van der Waals surface area contributed by atoms with Crippen LogP contribution < -0.4 is 5.32 Å². The van der Waals surface area contributed by atoms with Crippen molar-refractivity contribution in [2.45, 2.75) is 24.8 Å². The highest BCUT2D eigenvalue weighted by molar-refractivity contribution is 5.82. The number of carboxylic acid groups (broad SMARTS) is 1. The minimum absolute atomic E-state index is 0.0803. The van der Waals surface area contributed by atoms with E-state index in [1.165, 1.54) is 0 Å². The van der Waals surface area contributed by atoms with Crippen molar-refractivity contribution in [3.8, 4) is 11.1 Å². The van der Waals surface area contributed by atoms with E-state index in [9.17, 15) is 14.7 Å². The Labute approximate surface area is 197 Å². The van der Waals surface area contributed by atoms with Crippen molar-refractivity contribution in [2.24, 2.45) is 0 Å². The van der Waals surface area contributed by atoms with Crippen LogP contribution in [0.3, 0.4) is 0 Å². The van der Waals surface area contributed by atoms with Crippen LogP contribution in [0.1, 0.15) is 29.2 Å². The number of pyridine rings is 1. The number of aliphatic carboxylic acids is 1. The molecule has 1 atom stereocenters. The Bertz CT molecular complexity index is 1320. The van der Waals surface area contributed by atoms with E-state index >= 15 is 0 Å². The fraction of sp³-hybridized carbons (Fsp3) is 0.179. The molecule has 0 fully saturated rings. The number of carbonyl (C=O) groups is 2. The third-order valence-corrected chi connectivity index (χ3v) is 6.31. The van der Waals surface area contributed by atoms with Gasteiger partial charge in [-0.3, -0.25) is 4.98 Å². The third kappa shape index (κ3) is 4.35. The maximum absolute atomic E-state index is 12.5. The smallest absolute Gasteiger partial charge is 0.407 e. The van der Waals surface area contributed by atoms with Gasteiger partial charge in [-0.1, -0.05) is 72.8 Å². The minimum Gasteiger partial charge on any atom is -0.480 e. The average Bonchev–Trinajstić information content (AvgIpc) is 3.18. The molecule has 5 rings (SSSR count). The highest BCUT2D eigenvalue weighted by Crippen LogP contribution is 2.44. The number of carbonyl (C=O) groups excluding carboxylic acids is 1. The van der Waals surface area contributed by atoms with Gasteiger partial charge in [0.05, 0.1) is 0 Å². The lowest BCUT2D eigenvalue weighted by atomic mass is 9.98. The van der Waals surface area contributed by atoms with Crippen LogP contribution in [0.25, 0.3) is 21.9 Å². The summed E-state index contributed by atoms with van der Waals surface area (Å²) in [7, 11) is 0. The van der Waals surface area contributed by atoms with Crippen LogP contribution in [-0.2, 0) is 16.0 Å². The molecule has 1 aromatic heterocycles. The van der Waals surface area contributed by atoms with Crippen molar-refractivity contribution in [1.29, 1.82) is 0 Å². The van der Waals surface area contributed by atoms with E-state index < -0.39 is 18.1 Å². The van der Waals surface area contributed by atoms with Gasteiger partial charge in [0, 0.05) is 23.2 Å². The summed E-state index contributed by atoms with van der Waals surface area (Å²) in [5, 5.41) is 14.2. The first-order chi connectivity index (χ1) is 16.6. The van der Waals surface area contributed by atoms with Crippen LogP contribution in [0, 0.1) is 0 Å². The fourth-order valence-electron chi connectivity index (χ4n) is 4.60. The summed E-state index contributed by atoms with van der Waals surface area (Å²) in [6, 6.07) is 24.9. The second-order valence-electron chi connectivity index (χ2n) is 8.42. The number of aryl methyl sites for hydroxylation is 1. The van der Waals surface area contributed by atoms with Crippen LogP contribution in [0.15, 0.2) is 85.1 Å². The predicted octanol–water partition coefficient (Wildman–Crippen LogP) is 5.16. The monoisotopic (exact) mass is 452 g/mol. The first-order valence-corrected chi connectivity index (χ1v) is 11.3. The number of amides is 1. The molecule has 0 spiro atoms. The average molecular weight is 453 g/mol. The molecule has 1 heterocycles. The summed E-state index contributed by atoms with van der Waals surface area (Å²) in [6.07, 6.45) is 1.68. The number of aromatic nitrogens is 1. The first-order valence-electron chi connectivity index (χ1n) is 11.3. The quantitative estimate of drug-likeness (QED) is 0.404. The number of ether oxygens (including phenoxy) is 1. The summed E-state index contributed by atoms with van der Waals surface area (Å²) in [5.41, 5.74) is 5.26.